The van der Waals surface area contributed by atoms with Gasteiger partial charge in [-0.3, -0.25) is 0 Å². The van der Waals surface area contributed by atoms with E-state index >= 15 is 0 Å². The van der Waals surface area contributed by atoms with Crippen molar-refractivity contribution in [2.75, 3.05) is 0 Å². The lowest BCUT2D eigenvalue weighted by Crippen LogP contribution is -2.29. The van der Waals surface area contributed by atoms with Gasteiger partial charge in [-0.25, -0.2) is 4.79 Å². The average molecular weight is 279 g/mol. The second-order valence-corrected chi connectivity index (χ2v) is 5.01. The summed E-state index contributed by atoms with van der Waals surface area (Å²) in [6.07, 6.45) is 4.59. The van der Waals surface area contributed by atoms with Crippen LogP contribution in [0, 0.1) is 0 Å². The van der Waals surface area contributed by atoms with Crippen LogP contribution in [0.5, 0.6) is 0 Å². The van der Waals surface area contributed by atoms with Crippen LogP contribution in [-0.2, 0) is 17.8 Å². The van der Waals surface area contributed by atoms with Crippen molar-refractivity contribution in [3.8, 4) is 0 Å². The van der Waals surface area contributed by atoms with E-state index < -0.39 is 6.09 Å². The number of nitrogens with one attached hydrogen (secondary N) is 1. The molecule has 0 heterocycles. The van der Waals surface area contributed by atoms with E-state index in [0.717, 1.165) is 17.5 Å². The van der Waals surface area contributed by atoms with E-state index in [-0.39, 0.29) is 12.6 Å². The molecule has 1 atom stereocenters. The van der Waals surface area contributed by atoms with E-state index in [9.17, 15) is 4.79 Å². The number of allylic oxidation sites excluding steroid dienone is 1. The summed E-state index contributed by atoms with van der Waals surface area (Å²) in [6, 6.07) is 17.7. The SMILES string of the molecule is O=C(NC1C=CCc2ccccc21)OCc1ccccc1. The van der Waals surface area contributed by atoms with Gasteiger partial charge in [-0.15, -0.1) is 0 Å². The summed E-state index contributed by atoms with van der Waals surface area (Å²) in [5, 5.41) is 2.90. The number of carbonyl (C=O) groups is 1. The lowest BCUT2D eigenvalue weighted by Gasteiger charge is -2.21. The Balaban J connectivity index is 1.60. The fourth-order valence-corrected chi connectivity index (χ4v) is 2.48. The standard InChI is InChI=1S/C18H17NO2/c20-18(21-13-14-7-2-1-3-8-14)19-17-12-6-10-15-9-4-5-11-16(15)17/h1-9,11-12,17H,10,13H2,(H,19,20). The molecule has 21 heavy (non-hydrogen) atoms. The molecule has 3 nitrogen and oxygen atoms in total. The van der Waals surface area contributed by atoms with E-state index in [0.29, 0.717) is 0 Å². The van der Waals surface area contributed by atoms with Crippen LogP contribution in [0.25, 0.3) is 0 Å². The zero-order valence-electron chi connectivity index (χ0n) is 11.7. The third-order valence-electron chi connectivity index (χ3n) is 3.54. The quantitative estimate of drug-likeness (QED) is 0.869. The number of hydrogen-bond donors (Lipinski definition) is 1. The third kappa shape index (κ3) is 3.31. The van der Waals surface area contributed by atoms with E-state index in [1.165, 1.54) is 5.56 Å². The fraction of sp³-hybridized carbons (Fsp3) is 0.167. The molecule has 0 aliphatic heterocycles. The smallest absolute Gasteiger partial charge is 0.408 e. The average Bonchev–Trinajstić information content (AvgIpc) is 2.54. The Hall–Kier alpha value is -2.55. The van der Waals surface area contributed by atoms with Gasteiger partial charge in [0.25, 0.3) is 0 Å². The maximum absolute atomic E-state index is 11.9. The van der Waals surface area contributed by atoms with E-state index in [2.05, 4.69) is 17.5 Å². The van der Waals surface area contributed by atoms with Crippen molar-refractivity contribution in [3.05, 3.63) is 83.4 Å². The second-order valence-electron chi connectivity index (χ2n) is 5.01. The molecule has 0 bridgehead atoms. The van der Waals surface area contributed by atoms with Crippen LogP contribution in [0.2, 0.25) is 0 Å². The first-order valence-electron chi connectivity index (χ1n) is 7.04. The van der Waals surface area contributed by atoms with Gasteiger partial charge in [0.1, 0.15) is 6.61 Å². The number of ether oxygens (including phenoxy) is 1. The Morgan fingerprint density at radius 1 is 1.10 bits per heavy atom. The summed E-state index contributed by atoms with van der Waals surface area (Å²) in [6.45, 7) is 0.282. The molecule has 0 radical (unpaired) electrons. The van der Waals surface area contributed by atoms with Crippen LogP contribution >= 0.6 is 0 Å². The Morgan fingerprint density at radius 2 is 1.86 bits per heavy atom. The van der Waals surface area contributed by atoms with Gasteiger partial charge in [-0.1, -0.05) is 66.7 Å². The number of carbonyl (C=O) groups excluding carboxylic acids is 1. The molecular weight excluding hydrogens is 262 g/mol. The largest absolute Gasteiger partial charge is 0.445 e. The first-order valence-corrected chi connectivity index (χ1v) is 7.04. The summed E-state index contributed by atoms with van der Waals surface area (Å²) >= 11 is 0. The Labute approximate surface area is 124 Å². The summed E-state index contributed by atoms with van der Waals surface area (Å²) in [5.74, 6) is 0. The molecule has 0 saturated heterocycles. The van der Waals surface area contributed by atoms with Gasteiger partial charge in [0, 0.05) is 0 Å². The molecule has 2 aromatic rings. The van der Waals surface area contributed by atoms with E-state index in [1.54, 1.807) is 0 Å². The van der Waals surface area contributed by atoms with Crippen molar-refractivity contribution in [2.24, 2.45) is 0 Å². The first kappa shape index (κ1) is 13.4. The van der Waals surface area contributed by atoms with Crippen molar-refractivity contribution in [3.63, 3.8) is 0 Å². The van der Waals surface area contributed by atoms with Gasteiger partial charge in [0.2, 0.25) is 0 Å². The monoisotopic (exact) mass is 279 g/mol. The van der Waals surface area contributed by atoms with Gasteiger partial charge in [-0.05, 0) is 23.1 Å². The molecule has 1 N–H and O–H groups in total. The maximum Gasteiger partial charge on any atom is 0.408 e. The number of fused-ring (bicyclic) bond motifs is 1. The zero-order valence-corrected chi connectivity index (χ0v) is 11.7. The molecule has 0 aromatic heterocycles. The highest BCUT2D eigenvalue weighted by Gasteiger charge is 2.18. The molecule has 1 unspecified atom stereocenters. The first-order chi connectivity index (χ1) is 10.3. The van der Waals surface area contributed by atoms with Gasteiger partial charge >= 0.3 is 6.09 Å². The second kappa shape index (κ2) is 6.27. The molecule has 1 aliphatic carbocycles. The van der Waals surface area contributed by atoms with Crippen molar-refractivity contribution in [1.82, 2.24) is 5.32 Å². The lowest BCUT2D eigenvalue weighted by atomic mass is 9.93. The third-order valence-corrected chi connectivity index (χ3v) is 3.54. The molecule has 0 spiro atoms. The van der Waals surface area contributed by atoms with Crippen LogP contribution in [-0.4, -0.2) is 6.09 Å². The maximum atomic E-state index is 11.9. The molecule has 1 aliphatic rings. The van der Waals surface area contributed by atoms with E-state index in [4.69, 9.17) is 4.74 Å². The normalized spacial score (nSPS) is 16.1. The fourth-order valence-electron chi connectivity index (χ4n) is 2.48. The lowest BCUT2D eigenvalue weighted by molar-refractivity contribution is 0.137. The van der Waals surface area contributed by atoms with Crippen LogP contribution in [0.15, 0.2) is 66.7 Å². The number of benzene rings is 2. The molecule has 0 saturated carbocycles. The molecular formula is C18H17NO2. The number of rotatable bonds is 3. The predicted octanol–water partition coefficient (Wildman–Crippen LogP) is 3.77. The topological polar surface area (TPSA) is 38.3 Å². The van der Waals surface area contributed by atoms with Crippen LogP contribution in [0.4, 0.5) is 4.79 Å². The van der Waals surface area contributed by atoms with Crippen molar-refractivity contribution in [1.29, 1.82) is 0 Å². The highest BCUT2D eigenvalue weighted by atomic mass is 16.5. The number of hydrogen-bond acceptors (Lipinski definition) is 2. The minimum atomic E-state index is -0.398. The van der Waals surface area contributed by atoms with Gasteiger partial charge in [0.05, 0.1) is 6.04 Å². The Kier molecular flexibility index (Phi) is 4.01. The molecule has 0 fully saturated rings. The molecule has 106 valence electrons. The summed E-state index contributed by atoms with van der Waals surface area (Å²) in [7, 11) is 0. The van der Waals surface area contributed by atoms with Crippen molar-refractivity contribution < 1.29 is 9.53 Å². The molecule has 1 amide bonds. The summed E-state index contributed by atoms with van der Waals surface area (Å²) in [5.41, 5.74) is 3.36. The minimum Gasteiger partial charge on any atom is -0.445 e. The Morgan fingerprint density at radius 3 is 2.71 bits per heavy atom. The van der Waals surface area contributed by atoms with Crippen molar-refractivity contribution >= 4 is 6.09 Å². The van der Waals surface area contributed by atoms with Crippen LogP contribution in [0.3, 0.4) is 0 Å². The Bertz CT molecular complexity index is 649. The molecule has 3 heteroatoms. The molecule has 2 aromatic carbocycles. The predicted molar refractivity (Wildman–Crippen MR) is 81.8 cm³/mol. The highest BCUT2D eigenvalue weighted by molar-refractivity contribution is 5.68. The van der Waals surface area contributed by atoms with Gasteiger partial charge in [0.15, 0.2) is 0 Å². The van der Waals surface area contributed by atoms with Crippen LogP contribution in [0.1, 0.15) is 22.7 Å². The van der Waals surface area contributed by atoms with Crippen molar-refractivity contribution in [2.45, 2.75) is 19.1 Å². The number of alkyl carbamates (subject to hydrolysis) is 1. The minimum absolute atomic E-state index is 0.113. The number of amides is 1. The highest BCUT2D eigenvalue weighted by Crippen LogP contribution is 2.24. The summed E-state index contributed by atoms with van der Waals surface area (Å²) in [4.78, 5) is 11.9. The van der Waals surface area contributed by atoms with Gasteiger partial charge < -0.3 is 10.1 Å². The van der Waals surface area contributed by atoms with Gasteiger partial charge in [-0.2, -0.15) is 0 Å². The molecule has 3 rings (SSSR count). The summed E-state index contributed by atoms with van der Waals surface area (Å²) < 4.78 is 5.26. The van der Waals surface area contributed by atoms with E-state index in [1.807, 2.05) is 54.6 Å². The van der Waals surface area contributed by atoms with Crippen LogP contribution < -0.4 is 5.32 Å². The zero-order chi connectivity index (χ0) is 14.5.